The number of H-pyrrole nitrogens is 1. The molecule has 0 radical (unpaired) electrons. The Morgan fingerprint density at radius 2 is 1.94 bits per heavy atom. The van der Waals surface area contributed by atoms with Crippen LogP contribution in [0.2, 0.25) is 0 Å². The van der Waals surface area contributed by atoms with Crippen LogP contribution in [0.4, 0.5) is 9.93 Å². The van der Waals surface area contributed by atoms with Crippen molar-refractivity contribution in [2.45, 2.75) is 20.0 Å². The summed E-state index contributed by atoms with van der Waals surface area (Å²) in [5.41, 5.74) is 3.03. The summed E-state index contributed by atoms with van der Waals surface area (Å²) in [6.45, 7) is 2.46. The fourth-order valence-corrected chi connectivity index (χ4v) is 4.16. The molecule has 4 N–H and O–H groups in total. The molecule has 3 heterocycles. The van der Waals surface area contributed by atoms with Gasteiger partial charge in [0.1, 0.15) is 5.01 Å². The molecule has 0 saturated carbocycles. The quantitative estimate of drug-likeness (QED) is 0.339. The highest BCUT2D eigenvalue weighted by atomic mass is 32.1. The van der Waals surface area contributed by atoms with Gasteiger partial charge in [-0.05, 0) is 19.1 Å². The second kappa shape index (κ2) is 9.45. The molecule has 0 bridgehead atoms. The lowest BCUT2D eigenvalue weighted by molar-refractivity contribution is 0.0951. The predicted molar refractivity (Wildman–Crippen MR) is 118 cm³/mol. The number of carbonyl (C=O) groups excluding carboxylic acids is 2. The van der Waals surface area contributed by atoms with Crippen LogP contribution >= 0.6 is 22.7 Å². The largest absolute Gasteiger partial charge is 0.346 e. The van der Waals surface area contributed by atoms with Crippen molar-refractivity contribution in [2.75, 3.05) is 5.32 Å². The van der Waals surface area contributed by atoms with E-state index in [4.69, 9.17) is 0 Å². The molecule has 0 aliphatic rings. The second-order valence-electron chi connectivity index (χ2n) is 6.41. The summed E-state index contributed by atoms with van der Waals surface area (Å²) in [5, 5.41) is 26.7. The van der Waals surface area contributed by atoms with E-state index in [1.54, 1.807) is 18.3 Å². The first-order chi connectivity index (χ1) is 15.1. The van der Waals surface area contributed by atoms with Gasteiger partial charge in [0.25, 0.3) is 5.91 Å². The number of nitrogens with one attached hydrogen (secondary N) is 4. The first-order valence-corrected chi connectivity index (χ1v) is 10.9. The molecule has 0 spiro atoms. The molecule has 0 atom stereocenters. The predicted octanol–water partition coefficient (Wildman–Crippen LogP) is 2.94. The number of aryl methyl sites for hydroxylation is 1. The third-order valence-electron chi connectivity index (χ3n) is 4.17. The van der Waals surface area contributed by atoms with Crippen LogP contribution in [-0.4, -0.2) is 37.3 Å². The van der Waals surface area contributed by atoms with E-state index >= 15 is 0 Å². The van der Waals surface area contributed by atoms with E-state index in [9.17, 15) is 9.59 Å². The summed E-state index contributed by atoms with van der Waals surface area (Å²) in [7, 11) is 0. The van der Waals surface area contributed by atoms with Gasteiger partial charge in [-0.15, -0.1) is 21.5 Å². The van der Waals surface area contributed by atoms with Gasteiger partial charge in [-0.3, -0.25) is 15.2 Å². The Bertz CT molecular complexity index is 1180. The van der Waals surface area contributed by atoms with Crippen molar-refractivity contribution in [1.29, 1.82) is 0 Å². The van der Waals surface area contributed by atoms with E-state index in [0.717, 1.165) is 16.3 Å². The van der Waals surface area contributed by atoms with Gasteiger partial charge in [0, 0.05) is 16.6 Å². The number of thiazole rings is 1. The van der Waals surface area contributed by atoms with Gasteiger partial charge < -0.3 is 10.6 Å². The Morgan fingerprint density at radius 1 is 1.10 bits per heavy atom. The Balaban J connectivity index is 1.24. The van der Waals surface area contributed by atoms with Gasteiger partial charge in [-0.1, -0.05) is 29.5 Å². The highest BCUT2D eigenvalue weighted by Gasteiger charge is 2.13. The molecule has 31 heavy (non-hydrogen) atoms. The average molecular weight is 455 g/mol. The van der Waals surface area contributed by atoms with Crippen LogP contribution in [0.1, 0.15) is 26.8 Å². The van der Waals surface area contributed by atoms with Crippen molar-refractivity contribution in [3.63, 3.8) is 0 Å². The fraction of sp³-hybridized carbons (Fsp3) is 0.158. The van der Waals surface area contributed by atoms with E-state index < -0.39 is 6.03 Å². The zero-order valence-corrected chi connectivity index (χ0v) is 18.0. The number of hydrogen-bond donors (Lipinski definition) is 4. The van der Waals surface area contributed by atoms with Gasteiger partial charge in [-0.25, -0.2) is 9.78 Å². The first-order valence-electron chi connectivity index (χ1n) is 9.23. The fourth-order valence-electron chi connectivity index (χ4n) is 2.62. The van der Waals surface area contributed by atoms with Crippen LogP contribution < -0.4 is 16.0 Å². The van der Waals surface area contributed by atoms with Crippen LogP contribution in [0.3, 0.4) is 0 Å². The molecule has 158 valence electrons. The molecule has 0 aliphatic carbocycles. The summed E-state index contributed by atoms with van der Waals surface area (Å²) in [6, 6.07) is 8.59. The smallest absolute Gasteiger partial charge is 0.321 e. The molecule has 12 heteroatoms. The number of nitrogens with zero attached hydrogens (tertiary/aromatic N) is 4. The maximum Gasteiger partial charge on any atom is 0.321 e. The Morgan fingerprint density at radius 3 is 2.71 bits per heavy atom. The van der Waals surface area contributed by atoms with Crippen LogP contribution in [0, 0.1) is 6.92 Å². The minimum absolute atomic E-state index is 0.156. The summed E-state index contributed by atoms with van der Waals surface area (Å²) in [5.74, 6) is -0.156. The lowest BCUT2D eigenvalue weighted by Crippen LogP contribution is -2.28. The summed E-state index contributed by atoms with van der Waals surface area (Å²) >= 11 is 2.68. The van der Waals surface area contributed by atoms with E-state index in [1.165, 1.54) is 22.7 Å². The molecule has 0 fully saturated rings. The van der Waals surface area contributed by atoms with Gasteiger partial charge >= 0.3 is 6.03 Å². The van der Waals surface area contributed by atoms with E-state index in [1.807, 2.05) is 30.5 Å². The highest BCUT2D eigenvalue weighted by Crippen LogP contribution is 2.27. The number of urea groups is 1. The maximum atomic E-state index is 12.1. The Hall–Kier alpha value is -3.64. The normalized spacial score (nSPS) is 10.6. The number of benzene rings is 1. The van der Waals surface area contributed by atoms with Crippen molar-refractivity contribution in [2.24, 2.45) is 0 Å². The number of hydrogen-bond acceptors (Lipinski definition) is 8. The lowest BCUT2D eigenvalue weighted by Gasteiger charge is -2.03. The van der Waals surface area contributed by atoms with Crippen molar-refractivity contribution in [1.82, 2.24) is 36.0 Å². The molecule has 1 aromatic carbocycles. The molecular weight excluding hydrogens is 436 g/mol. The molecule has 0 aliphatic heterocycles. The van der Waals surface area contributed by atoms with Gasteiger partial charge in [-0.2, -0.15) is 5.10 Å². The molecule has 10 nitrogen and oxygen atoms in total. The van der Waals surface area contributed by atoms with Crippen molar-refractivity contribution in [3.8, 4) is 10.6 Å². The molecular formula is C19H18N8O2S2. The van der Waals surface area contributed by atoms with E-state index in [0.29, 0.717) is 27.9 Å². The topological polar surface area (TPSA) is 138 Å². The van der Waals surface area contributed by atoms with E-state index in [-0.39, 0.29) is 12.5 Å². The van der Waals surface area contributed by atoms with Crippen LogP contribution in [0.5, 0.6) is 0 Å². The van der Waals surface area contributed by atoms with Gasteiger partial charge in [0.2, 0.25) is 5.13 Å². The Labute approximate surface area is 185 Å². The van der Waals surface area contributed by atoms with Crippen LogP contribution in [-0.2, 0) is 13.1 Å². The molecule has 4 rings (SSSR count). The van der Waals surface area contributed by atoms with Crippen molar-refractivity contribution in [3.05, 3.63) is 63.9 Å². The second-order valence-corrected chi connectivity index (χ2v) is 8.33. The minimum atomic E-state index is -0.404. The number of rotatable bonds is 7. The lowest BCUT2D eigenvalue weighted by atomic mass is 10.2. The third kappa shape index (κ3) is 5.29. The monoisotopic (exact) mass is 454 g/mol. The molecule has 3 amide bonds. The molecule has 0 unspecified atom stereocenters. The zero-order chi connectivity index (χ0) is 21.6. The maximum absolute atomic E-state index is 12.1. The Kier molecular flexibility index (Phi) is 6.29. The SMILES string of the molecule is Cc1[nH]ncc1-c1nnc(NC(=O)NCc2csc(CNC(=O)c3ccccc3)n2)s1. The number of aromatic amines is 1. The van der Waals surface area contributed by atoms with Crippen molar-refractivity contribution >= 4 is 39.7 Å². The minimum Gasteiger partial charge on any atom is -0.346 e. The summed E-state index contributed by atoms with van der Waals surface area (Å²) in [6.07, 6.45) is 1.67. The standard InChI is InChI=1S/C19H18N8O2S2/c1-11-14(8-22-25-11)17-26-27-19(31-17)24-18(29)21-7-13-10-30-15(23-13)9-20-16(28)12-5-3-2-4-6-12/h2-6,8,10H,7,9H2,1H3,(H,20,28)(H,22,25)(H2,21,24,27,29). The zero-order valence-electron chi connectivity index (χ0n) is 16.4. The van der Waals surface area contributed by atoms with Crippen LogP contribution in [0.25, 0.3) is 10.6 Å². The third-order valence-corrected chi connectivity index (χ3v) is 5.94. The summed E-state index contributed by atoms with van der Waals surface area (Å²) in [4.78, 5) is 28.7. The van der Waals surface area contributed by atoms with Crippen LogP contribution in [0.15, 0.2) is 41.9 Å². The molecule has 3 aromatic heterocycles. The van der Waals surface area contributed by atoms with Gasteiger partial charge in [0.15, 0.2) is 5.01 Å². The number of carbonyl (C=O) groups is 2. The van der Waals surface area contributed by atoms with Crippen molar-refractivity contribution < 1.29 is 9.59 Å². The van der Waals surface area contributed by atoms with Gasteiger partial charge in [0.05, 0.1) is 30.5 Å². The highest BCUT2D eigenvalue weighted by molar-refractivity contribution is 7.18. The number of amides is 3. The molecule has 0 saturated heterocycles. The van der Waals surface area contributed by atoms with E-state index in [2.05, 4.69) is 41.3 Å². The number of aromatic nitrogens is 5. The summed E-state index contributed by atoms with van der Waals surface area (Å²) < 4.78 is 0. The average Bonchev–Trinajstić information content (AvgIpc) is 3.52. The first kappa shape index (κ1) is 20.6. The number of anilines is 1. The molecule has 4 aromatic rings.